The molecule has 192 valence electrons. The van der Waals surface area contributed by atoms with Crippen LogP contribution in [0.4, 0.5) is 0 Å². The van der Waals surface area contributed by atoms with Crippen LogP contribution in [0.2, 0.25) is 5.02 Å². The molecule has 1 heterocycles. The van der Waals surface area contributed by atoms with Crippen LogP contribution >= 0.6 is 11.6 Å². The van der Waals surface area contributed by atoms with Crippen LogP contribution in [0.3, 0.4) is 0 Å². The SMILES string of the molecule is CC1(C)c2ccccc2-c2cc(-c3ccc(-c4nc(-c5ccccc5)nc(-c5cccc(Cl)c5)n4)cc3)ccc21. The normalized spacial score (nSPS) is 13.1. The molecule has 0 bridgehead atoms. The molecule has 40 heavy (non-hydrogen) atoms. The topological polar surface area (TPSA) is 38.7 Å². The predicted molar refractivity (Wildman–Crippen MR) is 164 cm³/mol. The summed E-state index contributed by atoms with van der Waals surface area (Å²) in [6.07, 6.45) is 0. The molecule has 0 N–H and O–H groups in total. The Morgan fingerprint density at radius 3 is 1.73 bits per heavy atom. The molecule has 1 aliphatic rings. The van der Waals surface area contributed by atoms with Crippen molar-refractivity contribution in [2.24, 2.45) is 0 Å². The van der Waals surface area contributed by atoms with Gasteiger partial charge in [-0.05, 0) is 51.6 Å². The standard InChI is InChI=1S/C36H26ClN3/c1-36(2)31-14-7-6-13-29(31)30-22-26(19-20-32(30)36)23-15-17-25(18-16-23)34-38-33(24-9-4-3-5-10-24)39-35(40-34)27-11-8-12-28(37)21-27/h3-22H,1-2H3. The molecule has 0 unspecified atom stereocenters. The van der Waals surface area contributed by atoms with Crippen molar-refractivity contribution in [1.29, 1.82) is 0 Å². The predicted octanol–water partition coefficient (Wildman–Crippen LogP) is 9.50. The van der Waals surface area contributed by atoms with Crippen LogP contribution in [0.15, 0.2) is 121 Å². The number of benzene rings is 5. The lowest BCUT2D eigenvalue weighted by Gasteiger charge is -2.21. The molecule has 0 spiro atoms. The number of aromatic nitrogens is 3. The second-order valence-corrected chi connectivity index (χ2v) is 11.1. The number of halogens is 1. The van der Waals surface area contributed by atoms with Crippen molar-refractivity contribution in [3.8, 4) is 56.4 Å². The minimum absolute atomic E-state index is 0.00411. The van der Waals surface area contributed by atoms with Gasteiger partial charge in [-0.2, -0.15) is 0 Å². The van der Waals surface area contributed by atoms with Crippen LogP contribution in [0.1, 0.15) is 25.0 Å². The quantitative estimate of drug-likeness (QED) is 0.225. The minimum Gasteiger partial charge on any atom is -0.208 e. The Morgan fingerprint density at radius 1 is 0.450 bits per heavy atom. The second kappa shape index (κ2) is 9.55. The summed E-state index contributed by atoms with van der Waals surface area (Å²) >= 11 is 6.29. The van der Waals surface area contributed by atoms with Gasteiger partial charge in [0, 0.05) is 27.1 Å². The summed E-state index contributed by atoms with van der Waals surface area (Å²) in [5.74, 6) is 1.85. The lowest BCUT2D eigenvalue weighted by atomic mass is 9.82. The molecule has 5 aromatic carbocycles. The van der Waals surface area contributed by atoms with Crippen LogP contribution in [0, 0.1) is 0 Å². The van der Waals surface area contributed by atoms with Gasteiger partial charge in [-0.1, -0.05) is 129 Å². The van der Waals surface area contributed by atoms with E-state index in [1.54, 1.807) is 0 Å². The molecule has 0 amide bonds. The molecular weight excluding hydrogens is 510 g/mol. The summed E-state index contributed by atoms with van der Waals surface area (Å²) in [6, 6.07) is 41.7. The molecule has 0 aliphatic heterocycles. The van der Waals surface area contributed by atoms with E-state index >= 15 is 0 Å². The van der Waals surface area contributed by atoms with E-state index in [9.17, 15) is 0 Å². The minimum atomic E-state index is 0.00411. The van der Waals surface area contributed by atoms with E-state index < -0.39 is 0 Å². The number of hydrogen-bond donors (Lipinski definition) is 0. The van der Waals surface area contributed by atoms with Gasteiger partial charge in [-0.25, -0.2) is 15.0 Å². The number of rotatable bonds is 4. The summed E-state index contributed by atoms with van der Waals surface area (Å²) in [7, 11) is 0. The van der Waals surface area contributed by atoms with Crippen LogP contribution in [-0.2, 0) is 5.41 Å². The van der Waals surface area contributed by atoms with Gasteiger partial charge in [0.2, 0.25) is 0 Å². The third-order valence-electron chi connectivity index (χ3n) is 7.81. The molecule has 0 atom stereocenters. The summed E-state index contributed by atoms with van der Waals surface area (Å²) in [4.78, 5) is 14.5. The van der Waals surface area contributed by atoms with Crippen LogP contribution < -0.4 is 0 Å². The first kappa shape index (κ1) is 24.4. The van der Waals surface area contributed by atoms with E-state index in [1.807, 2.05) is 54.6 Å². The Kier molecular flexibility index (Phi) is 5.83. The van der Waals surface area contributed by atoms with E-state index in [2.05, 4.69) is 80.6 Å². The molecular formula is C36H26ClN3. The zero-order valence-corrected chi connectivity index (χ0v) is 23.0. The highest BCUT2D eigenvalue weighted by molar-refractivity contribution is 6.30. The van der Waals surface area contributed by atoms with Gasteiger partial charge in [0.05, 0.1) is 0 Å². The van der Waals surface area contributed by atoms with Crippen LogP contribution in [0.25, 0.3) is 56.4 Å². The molecule has 1 aliphatic carbocycles. The van der Waals surface area contributed by atoms with E-state index in [0.717, 1.165) is 22.3 Å². The first-order chi connectivity index (χ1) is 19.5. The van der Waals surface area contributed by atoms with E-state index in [-0.39, 0.29) is 5.41 Å². The lowest BCUT2D eigenvalue weighted by molar-refractivity contribution is 0.660. The molecule has 6 aromatic rings. The first-order valence-electron chi connectivity index (χ1n) is 13.4. The Bertz CT molecular complexity index is 1880. The van der Waals surface area contributed by atoms with Gasteiger partial charge < -0.3 is 0 Å². The maximum absolute atomic E-state index is 6.29. The molecule has 0 fully saturated rings. The van der Waals surface area contributed by atoms with Gasteiger partial charge in [-0.15, -0.1) is 0 Å². The summed E-state index contributed by atoms with van der Waals surface area (Å²) in [6.45, 7) is 4.62. The molecule has 7 rings (SSSR count). The highest BCUT2D eigenvalue weighted by atomic mass is 35.5. The Labute approximate surface area is 239 Å². The van der Waals surface area contributed by atoms with Crippen molar-refractivity contribution in [2.45, 2.75) is 19.3 Å². The van der Waals surface area contributed by atoms with Crippen molar-refractivity contribution < 1.29 is 0 Å². The Morgan fingerprint density at radius 2 is 1.00 bits per heavy atom. The van der Waals surface area contributed by atoms with E-state index in [4.69, 9.17) is 26.6 Å². The molecule has 0 saturated carbocycles. The maximum atomic E-state index is 6.29. The van der Waals surface area contributed by atoms with Gasteiger partial charge in [0.25, 0.3) is 0 Å². The van der Waals surface area contributed by atoms with Crippen LogP contribution in [-0.4, -0.2) is 15.0 Å². The molecule has 3 nitrogen and oxygen atoms in total. The van der Waals surface area contributed by atoms with Gasteiger partial charge in [0.1, 0.15) is 0 Å². The first-order valence-corrected chi connectivity index (χ1v) is 13.8. The third kappa shape index (κ3) is 4.20. The fourth-order valence-electron chi connectivity index (χ4n) is 5.69. The monoisotopic (exact) mass is 535 g/mol. The van der Waals surface area contributed by atoms with Gasteiger partial charge >= 0.3 is 0 Å². The highest BCUT2D eigenvalue weighted by Crippen LogP contribution is 2.49. The third-order valence-corrected chi connectivity index (χ3v) is 8.05. The molecule has 0 radical (unpaired) electrons. The largest absolute Gasteiger partial charge is 0.208 e. The Hall–Kier alpha value is -4.60. The van der Waals surface area contributed by atoms with Crippen molar-refractivity contribution in [2.75, 3.05) is 0 Å². The average Bonchev–Trinajstić information content (AvgIpc) is 3.23. The van der Waals surface area contributed by atoms with E-state index in [1.165, 1.54) is 27.8 Å². The maximum Gasteiger partial charge on any atom is 0.164 e. The average molecular weight is 536 g/mol. The molecule has 4 heteroatoms. The van der Waals surface area contributed by atoms with Crippen molar-refractivity contribution in [3.63, 3.8) is 0 Å². The fraction of sp³-hybridized carbons (Fsp3) is 0.0833. The number of hydrogen-bond acceptors (Lipinski definition) is 3. The van der Waals surface area contributed by atoms with Gasteiger partial charge in [0.15, 0.2) is 17.5 Å². The summed E-state index contributed by atoms with van der Waals surface area (Å²) in [5, 5.41) is 0.644. The fourth-order valence-corrected chi connectivity index (χ4v) is 5.88. The zero-order valence-electron chi connectivity index (χ0n) is 22.3. The van der Waals surface area contributed by atoms with Crippen molar-refractivity contribution in [1.82, 2.24) is 15.0 Å². The lowest BCUT2D eigenvalue weighted by Crippen LogP contribution is -2.14. The van der Waals surface area contributed by atoms with Crippen LogP contribution in [0.5, 0.6) is 0 Å². The van der Waals surface area contributed by atoms with Crippen molar-refractivity contribution >= 4 is 11.6 Å². The van der Waals surface area contributed by atoms with E-state index in [0.29, 0.717) is 22.5 Å². The summed E-state index contributed by atoms with van der Waals surface area (Å²) < 4.78 is 0. The number of nitrogens with zero attached hydrogens (tertiary/aromatic N) is 3. The number of fused-ring (bicyclic) bond motifs is 3. The van der Waals surface area contributed by atoms with Gasteiger partial charge in [-0.3, -0.25) is 0 Å². The highest BCUT2D eigenvalue weighted by Gasteiger charge is 2.35. The van der Waals surface area contributed by atoms with Crippen molar-refractivity contribution in [3.05, 3.63) is 137 Å². The smallest absolute Gasteiger partial charge is 0.164 e. The Balaban J connectivity index is 1.29. The second-order valence-electron chi connectivity index (χ2n) is 10.7. The zero-order chi connectivity index (χ0) is 27.3. The molecule has 0 saturated heterocycles. The molecule has 1 aromatic heterocycles. The summed E-state index contributed by atoms with van der Waals surface area (Å²) in [5.41, 5.74) is 10.5.